The highest BCUT2D eigenvalue weighted by Gasteiger charge is 2.28. The molecule has 0 unspecified atom stereocenters. The molecule has 0 aromatic carbocycles. The third-order valence-corrected chi connectivity index (χ3v) is 2.40. The van der Waals surface area contributed by atoms with Crippen molar-refractivity contribution in [1.82, 2.24) is 4.90 Å². The predicted molar refractivity (Wildman–Crippen MR) is 52.6 cm³/mol. The molecule has 1 saturated heterocycles. The van der Waals surface area contributed by atoms with Crippen molar-refractivity contribution in [2.45, 2.75) is 32.5 Å². The monoisotopic (exact) mass is 201 g/mol. The van der Waals surface area contributed by atoms with Crippen molar-refractivity contribution in [2.75, 3.05) is 20.1 Å². The summed E-state index contributed by atoms with van der Waals surface area (Å²) in [5.41, 5.74) is 0. The molecule has 4 heteroatoms. The Kier molecular flexibility index (Phi) is 3.50. The lowest BCUT2D eigenvalue weighted by Gasteiger charge is -2.29. The average molecular weight is 201 g/mol. The van der Waals surface area contributed by atoms with E-state index in [1.54, 1.807) is 0 Å². The number of nitrogens with zero attached hydrogens (tertiary/aromatic N) is 1. The molecule has 0 amide bonds. The van der Waals surface area contributed by atoms with Gasteiger partial charge in [-0.25, -0.2) is 0 Å². The molecule has 1 aliphatic rings. The first-order valence-electron chi connectivity index (χ1n) is 5.02. The minimum atomic E-state index is -1.35. The lowest BCUT2D eigenvalue weighted by molar-refractivity contribution is -0.200. The first-order valence-corrected chi connectivity index (χ1v) is 5.02. The van der Waals surface area contributed by atoms with Crippen LogP contribution in [0.2, 0.25) is 0 Å². The summed E-state index contributed by atoms with van der Waals surface area (Å²) in [7, 11) is 2.04. The fourth-order valence-electron chi connectivity index (χ4n) is 1.57. The van der Waals surface area contributed by atoms with E-state index >= 15 is 0 Å². The standard InChI is InChI=1S/C10H19NO3/c1-10(2,13)14-9(12)8-4-6-11(3)7-5-8/h8,13H,4-7H2,1-3H3. The molecule has 1 heterocycles. The van der Waals surface area contributed by atoms with E-state index in [0.29, 0.717) is 0 Å². The number of esters is 1. The Morgan fingerprint density at radius 1 is 1.43 bits per heavy atom. The van der Waals surface area contributed by atoms with Crippen LogP contribution < -0.4 is 0 Å². The van der Waals surface area contributed by atoms with Gasteiger partial charge in [0.1, 0.15) is 0 Å². The van der Waals surface area contributed by atoms with Gasteiger partial charge in [-0.05, 0) is 33.0 Å². The Bertz CT molecular complexity index is 202. The van der Waals surface area contributed by atoms with E-state index in [9.17, 15) is 9.90 Å². The highest BCUT2D eigenvalue weighted by molar-refractivity contribution is 5.72. The van der Waals surface area contributed by atoms with E-state index in [4.69, 9.17) is 4.74 Å². The summed E-state index contributed by atoms with van der Waals surface area (Å²) in [5, 5.41) is 9.32. The zero-order chi connectivity index (χ0) is 10.8. The molecular weight excluding hydrogens is 182 g/mol. The third kappa shape index (κ3) is 3.64. The van der Waals surface area contributed by atoms with E-state index in [0.717, 1.165) is 25.9 Å². The van der Waals surface area contributed by atoms with Gasteiger partial charge in [-0.1, -0.05) is 0 Å². The maximum absolute atomic E-state index is 11.5. The minimum Gasteiger partial charge on any atom is -0.434 e. The summed E-state index contributed by atoms with van der Waals surface area (Å²) in [6, 6.07) is 0. The molecule has 4 nitrogen and oxygen atoms in total. The van der Waals surface area contributed by atoms with E-state index in [2.05, 4.69) is 4.90 Å². The zero-order valence-corrected chi connectivity index (χ0v) is 9.12. The molecule has 0 aromatic rings. The maximum atomic E-state index is 11.5. The van der Waals surface area contributed by atoms with Gasteiger partial charge in [0.15, 0.2) is 0 Å². The van der Waals surface area contributed by atoms with Crippen molar-refractivity contribution < 1.29 is 14.6 Å². The number of hydrogen-bond donors (Lipinski definition) is 1. The van der Waals surface area contributed by atoms with Crippen LogP contribution in [-0.2, 0) is 9.53 Å². The van der Waals surface area contributed by atoms with Gasteiger partial charge in [0.25, 0.3) is 0 Å². The molecule has 0 aromatic heterocycles. The molecule has 0 bridgehead atoms. The number of carbonyl (C=O) groups excluding carboxylic acids is 1. The van der Waals surface area contributed by atoms with Crippen LogP contribution in [0.15, 0.2) is 0 Å². The van der Waals surface area contributed by atoms with Gasteiger partial charge in [-0.2, -0.15) is 0 Å². The quantitative estimate of drug-likeness (QED) is 0.525. The topological polar surface area (TPSA) is 49.8 Å². The van der Waals surface area contributed by atoms with Crippen LogP contribution >= 0.6 is 0 Å². The van der Waals surface area contributed by atoms with Crippen LogP contribution in [0.4, 0.5) is 0 Å². The first-order chi connectivity index (χ1) is 6.38. The van der Waals surface area contributed by atoms with Gasteiger partial charge >= 0.3 is 5.97 Å². The SMILES string of the molecule is CN1CCC(C(=O)OC(C)(C)O)CC1. The van der Waals surface area contributed by atoms with Crippen molar-refractivity contribution in [1.29, 1.82) is 0 Å². The fraction of sp³-hybridized carbons (Fsp3) is 0.900. The highest BCUT2D eigenvalue weighted by atomic mass is 16.7. The molecule has 14 heavy (non-hydrogen) atoms. The van der Waals surface area contributed by atoms with E-state index in [1.165, 1.54) is 13.8 Å². The molecule has 1 N–H and O–H groups in total. The first kappa shape index (κ1) is 11.5. The molecular formula is C10H19NO3. The van der Waals surface area contributed by atoms with Gasteiger partial charge < -0.3 is 14.7 Å². The molecule has 1 aliphatic heterocycles. The number of piperidine rings is 1. The molecule has 0 spiro atoms. The molecule has 82 valence electrons. The van der Waals surface area contributed by atoms with E-state index < -0.39 is 5.79 Å². The van der Waals surface area contributed by atoms with Gasteiger partial charge in [-0.3, -0.25) is 4.79 Å². The van der Waals surface area contributed by atoms with Gasteiger partial charge in [0.2, 0.25) is 5.79 Å². The van der Waals surface area contributed by atoms with Crippen LogP contribution in [-0.4, -0.2) is 41.9 Å². The second kappa shape index (κ2) is 4.28. The Labute approximate surface area is 84.8 Å². The van der Waals surface area contributed by atoms with Crippen molar-refractivity contribution in [2.24, 2.45) is 5.92 Å². The number of likely N-dealkylation sites (tertiary alicyclic amines) is 1. The summed E-state index contributed by atoms with van der Waals surface area (Å²) in [6.45, 7) is 4.79. The number of ether oxygens (including phenoxy) is 1. The van der Waals surface area contributed by atoms with Crippen LogP contribution in [0.1, 0.15) is 26.7 Å². The smallest absolute Gasteiger partial charge is 0.311 e. The van der Waals surface area contributed by atoms with Crippen LogP contribution in [0.5, 0.6) is 0 Å². The van der Waals surface area contributed by atoms with Crippen LogP contribution in [0.25, 0.3) is 0 Å². The molecule has 0 aliphatic carbocycles. The van der Waals surface area contributed by atoms with Crippen LogP contribution in [0, 0.1) is 5.92 Å². The lowest BCUT2D eigenvalue weighted by Crippen LogP contribution is -2.37. The highest BCUT2D eigenvalue weighted by Crippen LogP contribution is 2.19. The molecule has 0 radical (unpaired) electrons. The van der Waals surface area contributed by atoms with Gasteiger partial charge in [0, 0.05) is 13.8 Å². The maximum Gasteiger partial charge on any atom is 0.311 e. The predicted octanol–water partition coefficient (Wildman–Crippen LogP) is 0.600. The van der Waals surface area contributed by atoms with Gasteiger partial charge in [0.05, 0.1) is 5.92 Å². The van der Waals surface area contributed by atoms with Crippen molar-refractivity contribution in [3.63, 3.8) is 0 Å². The summed E-state index contributed by atoms with van der Waals surface area (Å²) in [5.74, 6) is -1.66. The molecule has 1 rings (SSSR count). The summed E-state index contributed by atoms with van der Waals surface area (Å²) in [6.07, 6.45) is 1.65. The van der Waals surface area contributed by atoms with E-state index in [1.807, 2.05) is 7.05 Å². The van der Waals surface area contributed by atoms with Crippen molar-refractivity contribution in [3.8, 4) is 0 Å². The van der Waals surface area contributed by atoms with Crippen molar-refractivity contribution in [3.05, 3.63) is 0 Å². The Hall–Kier alpha value is -0.610. The Morgan fingerprint density at radius 3 is 2.36 bits per heavy atom. The number of aliphatic hydroxyl groups is 1. The molecule has 0 saturated carbocycles. The summed E-state index contributed by atoms with van der Waals surface area (Å²) in [4.78, 5) is 13.7. The molecule has 0 atom stereocenters. The summed E-state index contributed by atoms with van der Waals surface area (Å²) < 4.78 is 4.91. The van der Waals surface area contributed by atoms with Gasteiger partial charge in [-0.15, -0.1) is 0 Å². The lowest BCUT2D eigenvalue weighted by atomic mass is 9.97. The Morgan fingerprint density at radius 2 is 1.93 bits per heavy atom. The normalized spacial score (nSPS) is 20.9. The molecule has 1 fully saturated rings. The third-order valence-electron chi connectivity index (χ3n) is 2.40. The average Bonchev–Trinajstić information content (AvgIpc) is 2.02. The fourth-order valence-corrected chi connectivity index (χ4v) is 1.57. The second-order valence-electron chi connectivity index (χ2n) is 4.45. The number of hydrogen-bond acceptors (Lipinski definition) is 4. The van der Waals surface area contributed by atoms with Crippen LogP contribution in [0.3, 0.4) is 0 Å². The second-order valence-corrected chi connectivity index (χ2v) is 4.45. The number of carbonyl (C=O) groups is 1. The zero-order valence-electron chi connectivity index (χ0n) is 9.12. The number of rotatable bonds is 2. The van der Waals surface area contributed by atoms with Crippen molar-refractivity contribution >= 4 is 5.97 Å². The largest absolute Gasteiger partial charge is 0.434 e. The summed E-state index contributed by atoms with van der Waals surface area (Å²) >= 11 is 0. The van der Waals surface area contributed by atoms with E-state index in [-0.39, 0.29) is 11.9 Å². The minimum absolute atomic E-state index is 0.0439. The Balaban J connectivity index is 2.38.